The third-order valence-electron chi connectivity index (χ3n) is 2.30. The third-order valence-corrected chi connectivity index (χ3v) is 3.38. The van der Waals surface area contributed by atoms with Gasteiger partial charge in [-0.1, -0.05) is 17.7 Å². The number of nitrogens with two attached hydrogens (primary N) is 1. The molecule has 3 N–H and O–H groups in total. The van der Waals surface area contributed by atoms with E-state index in [2.05, 4.69) is 22.1 Å². The molecule has 0 unspecified atom stereocenters. The van der Waals surface area contributed by atoms with Crippen LogP contribution in [0, 0.1) is 0 Å². The first-order chi connectivity index (χ1) is 7.75. The van der Waals surface area contributed by atoms with Crippen LogP contribution in [0.25, 0.3) is 0 Å². The van der Waals surface area contributed by atoms with Gasteiger partial charge in [-0.2, -0.15) is 11.3 Å². The molecule has 1 heterocycles. The number of hydrogen-bond acceptors (Lipinski definition) is 3. The molecule has 0 radical (unpaired) electrons. The monoisotopic (exact) mass is 252 g/mol. The van der Waals surface area contributed by atoms with Crippen molar-refractivity contribution in [3.05, 3.63) is 51.2 Å². The molecule has 2 nitrogen and oxygen atoms in total. The van der Waals surface area contributed by atoms with Gasteiger partial charge in [0.1, 0.15) is 0 Å². The Bertz CT molecular complexity index is 454. The average molecular weight is 253 g/mol. The fourth-order valence-electron chi connectivity index (χ4n) is 1.45. The van der Waals surface area contributed by atoms with Crippen LogP contribution in [0.4, 0.5) is 5.69 Å². The van der Waals surface area contributed by atoms with Crippen LogP contribution in [-0.4, -0.2) is 0 Å². The van der Waals surface area contributed by atoms with Crippen LogP contribution < -0.4 is 11.1 Å². The maximum atomic E-state index is 5.85. The second-order valence-electron chi connectivity index (χ2n) is 3.59. The first-order valence-corrected chi connectivity index (χ1v) is 6.33. The second kappa shape index (κ2) is 5.34. The molecule has 0 aliphatic heterocycles. The SMILES string of the molecule is Nc1cc(CNCc2ccsc2)ccc1Cl. The van der Waals surface area contributed by atoms with Crippen molar-refractivity contribution in [2.45, 2.75) is 13.1 Å². The molecule has 0 spiro atoms. The molecule has 0 aliphatic rings. The Morgan fingerprint density at radius 2 is 2.00 bits per heavy atom. The minimum atomic E-state index is 0.613. The van der Waals surface area contributed by atoms with Crippen molar-refractivity contribution in [1.29, 1.82) is 0 Å². The zero-order chi connectivity index (χ0) is 11.4. The molecule has 0 bridgehead atoms. The van der Waals surface area contributed by atoms with Gasteiger partial charge in [-0.25, -0.2) is 0 Å². The van der Waals surface area contributed by atoms with E-state index in [9.17, 15) is 0 Å². The summed E-state index contributed by atoms with van der Waals surface area (Å²) in [5.74, 6) is 0. The van der Waals surface area contributed by atoms with E-state index in [0.717, 1.165) is 18.7 Å². The van der Waals surface area contributed by atoms with E-state index >= 15 is 0 Å². The van der Waals surface area contributed by atoms with E-state index in [0.29, 0.717) is 10.7 Å². The maximum absolute atomic E-state index is 5.85. The molecule has 1 aromatic carbocycles. The van der Waals surface area contributed by atoms with Gasteiger partial charge in [0.15, 0.2) is 0 Å². The van der Waals surface area contributed by atoms with Crippen molar-refractivity contribution in [3.8, 4) is 0 Å². The predicted octanol–water partition coefficient (Wildman–Crippen LogP) is 3.27. The average Bonchev–Trinajstić information content (AvgIpc) is 2.76. The summed E-state index contributed by atoms with van der Waals surface area (Å²) in [4.78, 5) is 0. The van der Waals surface area contributed by atoms with Crippen LogP contribution in [0.5, 0.6) is 0 Å². The van der Waals surface area contributed by atoms with Gasteiger partial charge in [-0.3, -0.25) is 0 Å². The highest BCUT2D eigenvalue weighted by molar-refractivity contribution is 7.07. The van der Waals surface area contributed by atoms with Crippen LogP contribution in [0.3, 0.4) is 0 Å². The molecule has 2 rings (SSSR count). The summed E-state index contributed by atoms with van der Waals surface area (Å²) in [6.45, 7) is 1.68. The molecule has 84 valence electrons. The van der Waals surface area contributed by atoms with Gasteiger partial charge in [0, 0.05) is 13.1 Å². The van der Waals surface area contributed by atoms with E-state index in [1.165, 1.54) is 5.56 Å². The summed E-state index contributed by atoms with van der Waals surface area (Å²) in [5, 5.41) is 8.19. The molecule has 2 aromatic rings. The zero-order valence-corrected chi connectivity index (χ0v) is 10.3. The molecule has 0 saturated carbocycles. The van der Waals surface area contributed by atoms with E-state index < -0.39 is 0 Å². The predicted molar refractivity (Wildman–Crippen MR) is 70.7 cm³/mol. The highest BCUT2D eigenvalue weighted by Gasteiger charge is 1.98. The summed E-state index contributed by atoms with van der Waals surface area (Å²) < 4.78 is 0. The summed E-state index contributed by atoms with van der Waals surface area (Å²) in [6, 6.07) is 7.84. The van der Waals surface area contributed by atoms with Crippen LogP contribution in [0.1, 0.15) is 11.1 Å². The number of nitrogen functional groups attached to an aromatic ring is 1. The van der Waals surface area contributed by atoms with Gasteiger partial charge in [0.05, 0.1) is 10.7 Å². The van der Waals surface area contributed by atoms with Crippen molar-refractivity contribution >= 4 is 28.6 Å². The van der Waals surface area contributed by atoms with E-state index in [-0.39, 0.29) is 0 Å². The highest BCUT2D eigenvalue weighted by Crippen LogP contribution is 2.19. The van der Waals surface area contributed by atoms with E-state index in [4.69, 9.17) is 17.3 Å². The molecule has 0 atom stereocenters. The fraction of sp³-hybridized carbons (Fsp3) is 0.167. The standard InChI is InChI=1S/C12H13ClN2S/c13-11-2-1-9(5-12(11)14)6-15-7-10-3-4-16-8-10/h1-5,8,15H,6-7,14H2. The number of thiophene rings is 1. The van der Waals surface area contributed by atoms with Crippen molar-refractivity contribution in [2.75, 3.05) is 5.73 Å². The number of rotatable bonds is 4. The van der Waals surface area contributed by atoms with Gasteiger partial charge >= 0.3 is 0 Å². The Labute approximate surface area is 104 Å². The van der Waals surface area contributed by atoms with Crippen LogP contribution in [-0.2, 0) is 13.1 Å². The van der Waals surface area contributed by atoms with Crippen molar-refractivity contribution in [3.63, 3.8) is 0 Å². The number of anilines is 1. The maximum Gasteiger partial charge on any atom is 0.0635 e. The largest absolute Gasteiger partial charge is 0.398 e. The number of halogens is 1. The minimum absolute atomic E-state index is 0.613. The Hall–Kier alpha value is -1.03. The Morgan fingerprint density at radius 1 is 1.19 bits per heavy atom. The van der Waals surface area contributed by atoms with Gasteiger partial charge in [-0.05, 0) is 40.1 Å². The van der Waals surface area contributed by atoms with Crippen molar-refractivity contribution < 1.29 is 0 Å². The topological polar surface area (TPSA) is 38.0 Å². The van der Waals surface area contributed by atoms with Gasteiger partial charge in [0.25, 0.3) is 0 Å². The molecular formula is C12H13ClN2S. The lowest BCUT2D eigenvalue weighted by molar-refractivity contribution is 0.695. The van der Waals surface area contributed by atoms with E-state index in [1.807, 2.05) is 18.2 Å². The normalized spacial score (nSPS) is 10.6. The lowest BCUT2D eigenvalue weighted by Gasteiger charge is -2.05. The summed E-state index contributed by atoms with van der Waals surface area (Å²) in [7, 11) is 0. The lowest BCUT2D eigenvalue weighted by Crippen LogP contribution is -2.12. The molecular weight excluding hydrogens is 240 g/mol. The van der Waals surface area contributed by atoms with Gasteiger partial charge in [-0.15, -0.1) is 0 Å². The molecule has 0 fully saturated rings. The lowest BCUT2D eigenvalue weighted by atomic mass is 10.2. The second-order valence-corrected chi connectivity index (χ2v) is 4.78. The van der Waals surface area contributed by atoms with Crippen LogP contribution in [0.15, 0.2) is 35.0 Å². The molecule has 4 heteroatoms. The Morgan fingerprint density at radius 3 is 2.69 bits per heavy atom. The number of nitrogens with one attached hydrogen (secondary N) is 1. The van der Waals surface area contributed by atoms with Crippen molar-refractivity contribution in [2.24, 2.45) is 0 Å². The first kappa shape index (κ1) is 11.5. The fourth-order valence-corrected chi connectivity index (χ4v) is 2.23. The summed E-state index contributed by atoms with van der Waals surface area (Å²) in [6.07, 6.45) is 0. The smallest absolute Gasteiger partial charge is 0.0635 e. The summed E-state index contributed by atoms with van der Waals surface area (Å²) in [5.41, 5.74) is 8.83. The summed E-state index contributed by atoms with van der Waals surface area (Å²) >= 11 is 7.56. The molecule has 0 amide bonds. The number of benzene rings is 1. The van der Waals surface area contributed by atoms with Crippen LogP contribution in [0.2, 0.25) is 5.02 Å². The van der Waals surface area contributed by atoms with E-state index in [1.54, 1.807) is 11.3 Å². The van der Waals surface area contributed by atoms with Gasteiger partial charge in [0.2, 0.25) is 0 Å². The molecule has 1 aromatic heterocycles. The zero-order valence-electron chi connectivity index (χ0n) is 8.74. The Balaban J connectivity index is 1.87. The van der Waals surface area contributed by atoms with Crippen molar-refractivity contribution in [1.82, 2.24) is 5.32 Å². The third kappa shape index (κ3) is 2.98. The minimum Gasteiger partial charge on any atom is -0.398 e. The molecule has 0 saturated heterocycles. The molecule has 16 heavy (non-hydrogen) atoms. The quantitative estimate of drug-likeness (QED) is 0.820. The first-order valence-electron chi connectivity index (χ1n) is 5.01. The van der Waals surface area contributed by atoms with Gasteiger partial charge < -0.3 is 11.1 Å². The van der Waals surface area contributed by atoms with Crippen LogP contribution >= 0.6 is 22.9 Å². The molecule has 0 aliphatic carbocycles. The Kier molecular flexibility index (Phi) is 3.83. The number of hydrogen-bond donors (Lipinski definition) is 2. The highest BCUT2D eigenvalue weighted by atomic mass is 35.5.